The van der Waals surface area contributed by atoms with E-state index in [9.17, 15) is 9.90 Å². The third-order valence-corrected chi connectivity index (χ3v) is 3.60. The molecule has 0 fully saturated rings. The van der Waals surface area contributed by atoms with Crippen molar-refractivity contribution in [3.8, 4) is 11.5 Å². The fourth-order valence-electron chi connectivity index (χ4n) is 1.91. The lowest BCUT2D eigenvalue weighted by Crippen LogP contribution is -2.29. The lowest BCUT2D eigenvalue weighted by molar-refractivity contribution is -0.145. The SMILES string of the molecule is COc1cccc(O[C@H](Cc2ccc(Cl)cc2Cl)C(=O)O)c1. The van der Waals surface area contributed by atoms with Gasteiger partial charge in [0, 0.05) is 22.5 Å². The molecule has 0 saturated heterocycles. The van der Waals surface area contributed by atoms with Crippen LogP contribution < -0.4 is 9.47 Å². The zero-order chi connectivity index (χ0) is 16.1. The summed E-state index contributed by atoms with van der Waals surface area (Å²) in [5.41, 5.74) is 0.654. The van der Waals surface area contributed by atoms with Gasteiger partial charge in [-0.3, -0.25) is 0 Å². The van der Waals surface area contributed by atoms with E-state index >= 15 is 0 Å². The maximum atomic E-state index is 11.4. The van der Waals surface area contributed by atoms with Gasteiger partial charge in [-0.25, -0.2) is 4.79 Å². The fraction of sp³-hybridized carbons (Fsp3) is 0.188. The molecule has 0 aliphatic carbocycles. The summed E-state index contributed by atoms with van der Waals surface area (Å²) in [6.07, 6.45) is -0.937. The molecule has 0 heterocycles. The van der Waals surface area contributed by atoms with Gasteiger partial charge < -0.3 is 14.6 Å². The number of hydrogen-bond acceptors (Lipinski definition) is 3. The van der Waals surface area contributed by atoms with E-state index in [4.69, 9.17) is 32.7 Å². The Kier molecular flexibility index (Phi) is 5.52. The molecule has 0 saturated carbocycles. The van der Waals surface area contributed by atoms with Crippen molar-refractivity contribution in [3.05, 3.63) is 58.1 Å². The first kappa shape index (κ1) is 16.5. The normalized spacial score (nSPS) is 11.8. The van der Waals surface area contributed by atoms with E-state index in [-0.39, 0.29) is 6.42 Å². The number of hydrogen-bond donors (Lipinski definition) is 1. The van der Waals surface area contributed by atoms with E-state index in [0.717, 1.165) is 0 Å². The van der Waals surface area contributed by atoms with Gasteiger partial charge in [-0.2, -0.15) is 0 Å². The van der Waals surface area contributed by atoms with Crippen molar-refractivity contribution in [2.45, 2.75) is 12.5 Å². The van der Waals surface area contributed by atoms with Crippen LogP contribution in [0.3, 0.4) is 0 Å². The highest BCUT2D eigenvalue weighted by atomic mass is 35.5. The Balaban J connectivity index is 2.17. The molecular weight excluding hydrogens is 327 g/mol. The van der Waals surface area contributed by atoms with E-state index < -0.39 is 12.1 Å². The Hall–Kier alpha value is -1.91. The zero-order valence-corrected chi connectivity index (χ0v) is 13.3. The molecule has 0 unspecified atom stereocenters. The van der Waals surface area contributed by atoms with Crippen LogP contribution in [0.2, 0.25) is 10.0 Å². The van der Waals surface area contributed by atoms with Crippen molar-refractivity contribution in [1.29, 1.82) is 0 Å². The number of methoxy groups -OCH3 is 1. The van der Waals surface area contributed by atoms with Crippen molar-refractivity contribution < 1.29 is 19.4 Å². The summed E-state index contributed by atoms with van der Waals surface area (Å²) in [4.78, 5) is 11.4. The number of aliphatic carboxylic acids is 1. The van der Waals surface area contributed by atoms with Crippen LogP contribution in [0.1, 0.15) is 5.56 Å². The summed E-state index contributed by atoms with van der Waals surface area (Å²) in [6.45, 7) is 0. The molecule has 0 aliphatic rings. The standard InChI is InChI=1S/C16H14Cl2O4/c1-21-12-3-2-4-13(9-12)22-15(16(19)20)7-10-5-6-11(17)8-14(10)18/h2-6,8-9,15H,7H2,1H3,(H,19,20)/t15-/m1/s1. The summed E-state index contributed by atoms with van der Waals surface area (Å²) >= 11 is 11.9. The summed E-state index contributed by atoms with van der Waals surface area (Å²) in [6, 6.07) is 11.7. The number of halogens is 2. The van der Waals surface area contributed by atoms with Gasteiger partial charge in [0.1, 0.15) is 11.5 Å². The number of carbonyl (C=O) groups is 1. The lowest BCUT2D eigenvalue weighted by atomic mass is 10.1. The second-order valence-corrected chi connectivity index (χ2v) is 5.41. The minimum absolute atomic E-state index is 0.128. The lowest BCUT2D eigenvalue weighted by Gasteiger charge is -2.16. The van der Waals surface area contributed by atoms with Gasteiger partial charge in [-0.1, -0.05) is 35.3 Å². The first-order valence-electron chi connectivity index (χ1n) is 6.47. The number of carboxylic acids is 1. The molecule has 4 nitrogen and oxygen atoms in total. The predicted molar refractivity (Wildman–Crippen MR) is 85.2 cm³/mol. The van der Waals surface area contributed by atoms with Gasteiger partial charge in [0.2, 0.25) is 0 Å². The molecule has 2 aromatic carbocycles. The van der Waals surface area contributed by atoms with Gasteiger partial charge in [-0.05, 0) is 29.8 Å². The Labute approximate surface area is 138 Å². The topological polar surface area (TPSA) is 55.8 Å². The van der Waals surface area contributed by atoms with Gasteiger partial charge in [0.25, 0.3) is 0 Å². The highest BCUT2D eigenvalue weighted by Gasteiger charge is 2.21. The van der Waals surface area contributed by atoms with E-state index in [1.807, 2.05) is 0 Å². The maximum absolute atomic E-state index is 11.4. The van der Waals surface area contributed by atoms with E-state index in [0.29, 0.717) is 27.1 Å². The molecule has 0 aliphatic heterocycles. The molecule has 0 amide bonds. The Morgan fingerprint density at radius 3 is 2.55 bits per heavy atom. The third kappa shape index (κ3) is 4.29. The molecule has 116 valence electrons. The number of benzene rings is 2. The van der Waals surface area contributed by atoms with Crippen LogP contribution in [0.5, 0.6) is 11.5 Å². The summed E-state index contributed by atoms with van der Waals surface area (Å²) in [5.74, 6) is -0.0724. The smallest absolute Gasteiger partial charge is 0.345 e. The monoisotopic (exact) mass is 340 g/mol. The highest BCUT2D eigenvalue weighted by molar-refractivity contribution is 6.35. The number of ether oxygens (including phenoxy) is 2. The van der Waals surface area contributed by atoms with Crippen molar-refractivity contribution >= 4 is 29.2 Å². The second kappa shape index (κ2) is 7.38. The van der Waals surface area contributed by atoms with Gasteiger partial charge in [-0.15, -0.1) is 0 Å². The zero-order valence-electron chi connectivity index (χ0n) is 11.8. The van der Waals surface area contributed by atoms with E-state index in [2.05, 4.69) is 0 Å². The fourth-order valence-corrected chi connectivity index (χ4v) is 2.39. The third-order valence-electron chi connectivity index (χ3n) is 3.02. The molecule has 0 bridgehead atoms. The van der Waals surface area contributed by atoms with Crippen LogP contribution in [-0.2, 0) is 11.2 Å². The predicted octanol–water partition coefficient (Wildman–Crippen LogP) is 4.08. The van der Waals surface area contributed by atoms with Crippen molar-refractivity contribution in [3.63, 3.8) is 0 Å². The molecule has 22 heavy (non-hydrogen) atoms. The Bertz CT molecular complexity index is 673. The molecule has 0 radical (unpaired) electrons. The second-order valence-electron chi connectivity index (χ2n) is 4.56. The van der Waals surface area contributed by atoms with Gasteiger partial charge in [0.15, 0.2) is 6.10 Å². The molecule has 1 N–H and O–H groups in total. The van der Waals surface area contributed by atoms with Gasteiger partial charge in [0.05, 0.1) is 7.11 Å². The molecule has 2 aromatic rings. The first-order chi connectivity index (χ1) is 10.5. The maximum Gasteiger partial charge on any atom is 0.345 e. The van der Waals surface area contributed by atoms with Gasteiger partial charge >= 0.3 is 5.97 Å². The number of carboxylic acid groups (broad SMARTS) is 1. The van der Waals surface area contributed by atoms with Crippen LogP contribution in [0, 0.1) is 0 Å². The van der Waals surface area contributed by atoms with Crippen molar-refractivity contribution in [1.82, 2.24) is 0 Å². The van der Waals surface area contributed by atoms with Crippen LogP contribution in [-0.4, -0.2) is 24.3 Å². The molecule has 0 spiro atoms. The van der Waals surface area contributed by atoms with Crippen LogP contribution in [0.15, 0.2) is 42.5 Å². The van der Waals surface area contributed by atoms with E-state index in [1.54, 1.807) is 42.5 Å². The summed E-state index contributed by atoms with van der Waals surface area (Å²) in [7, 11) is 1.53. The van der Waals surface area contributed by atoms with Crippen LogP contribution in [0.4, 0.5) is 0 Å². The first-order valence-corrected chi connectivity index (χ1v) is 7.22. The molecule has 6 heteroatoms. The number of rotatable bonds is 6. The van der Waals surface area contributed by atoms with Crippen LogP contribution >= 0.6 is 23.2 Å². The van der Waals surface area contributed by atoms with E-state index in [1.165, 1.54) is 7.11 Å². The highest BCUT2D eigenvalue weighted by Crippen LogP contribution is 2.25. The Morgan fingerprint density at radius 1 is 1.18 bits per heavy atom. The van der Waals surface area contributed by atoms with Crippen molar-refractivity contribution in [2.75, 3.05) is 7.11 Å². The molecule has 1 atom stereocenters. The molecule has 0 aromatic heterocycles. The summed E-state index contributed by atoms with van der Waals surface area (Å²) in [5, 5.41) is 10.2. The van der Waals surface area contributed by atoms with Crippen LogP contribution in [0.25, 0.3) is 0 Å². The van der Waals surface area contributed by atoms with Crippen molar-refractivity contribution in [2.24, 2.45) is 0 Å². The minimum Gasteiger partial charge on any atom is -0.497 e. The molecular formula is C16H14Cl2O4. The summed E-state index contributed by atoms with van der Waals surface area (Å²) < 4.78 is 10.6. The molecule has 2 rings (SSSR count). The quantitative estimate of drug-likeness (QED) is 0.860. The largest absolute Gasteiger partial charge is 0.497 e. The minimum atomic E-state index is -1.08. The Morgan fingerprint density at radius 2 is 1.91 bits per heavy atom. The average molecular weight is 341 g/mol. The average Bonchev–Trinajstić information content (AvgIpc) is 2.49.